The Balaban J connectivity index is 1.90. The molecular formula is C20H27N3O7S2. The van der Waals surface area contributed by atoms with Crippen LogP contribution in [0.15, 0.2) is 34.9 Å². The number of sulfonamides is 1. The van der Waals surface area contributed by atoms with Crippen molar-refractivity contribution < 1.29 is 31.2 Å². The van der Waals surface area contributed by atoms with Crippen LogP contribution >= 0.6 is 0 Å². The monoisotopic (exact) mass is 485 g/mol. The van der Waals surface area contributed by atoms with E-state index in [4.69, 9.17) is 4.74 Å². The zero-order valence-electron chi connectivity index (χ0n) is 18.1. The van der Waals surface area contributed by atoms with Crippen LogP contribution in [-0.2, 0) is 40.6 Å². The zero-order valence-corrected chi connectivity index (χ0v) is 19.8. The van der Waals surface area contributed by atoms with E-state index in [1.54, 1.807) is 6.07 Å². The largest absolute Gasteiger partial charge is 0.496 e. The molecule has 10 nitrogen and oxygen atoms in total. The Morgan fingerprint density at radius 2 is 1.94 bits per heavy atom. The van der Waals surface area contributed by atoms with Gasteiger partial charge in [-0.1, -0.05) is 24.3 Å². The minimum absolute atomic E-state index is 0.00921. The first kappa shape index (κ1) is 24.2. The molecule has 0 spiro atoms. The fourth-order valence-corrected chi connectivity index (χ4v) is 6.04. The van der Waals surface area contributed by atoms with Crippen LogP contribution in [0.2, 0.25) is 0 Å². The highest BCUT2D eigenvalue weighted by atomic mass is 32.2. The van der Waals surface area contributed by atoms with Crippen molar-refractivity contribution in [2.75, 3.05) is 31.7 Å². The number of ether oxygens (including phenoxy) is 1. The molecule has 3 rings (SSSR count). The summed E-state index contributed by atoms with van der Waals surface area (Å²) in [5.74, 6) is -1.48. The van der Waals surface area contributed by atoms with Gasteiger partial charge in [-0.15, -0.1) is 0 Å². The minimum atomic E-state index is -3.79. The number of nitrogens with one attached hydrogen (secondary N) is 2. The molecule has 2 atom stereocenters. The second-order valence-electron chi connectivity index (χ2n) is 7.92. The predicted molar refractivity (Wildman–Crippen MR) is 117 cm³/mol. The van der Waals surface area contributed by atoms with Crippen LogP contribution in [-0.4, -0.2) is 71.3 Å². The zero-order chi connectivity index (χ0) is 23.7. The molecule has 0 saturated heterocycles. The molecule has 12 heteroatoms. The summed E-state index contributed by atoms with van der Waals surface area (Å²) in [7, 11) is -7.38. The summed E-state index contributed by atoms with van der Waals surface area (Å²) >= 11 is 0. The highest BCUT2D eigenvalue weighted by Crippen LogP contribution is 2.26. The van der Waals surface area contributed by atoms with Crippen molar-refractivity contribution in [1.29, 1.82) is 0 Å². The molecule has 0 bridgehead atoms. The van der Waals surface area contributed by atoms with Crippen molar-refractivity contribution in [3.05, 3.63) is 46.1 Å². The number of amides is 2. The number of benzene rings is 1. The number of rotatable bonds is 5. The molecule has 0 radical (unpaired) electrons. The van der Waals surface area contributed by atoms with Crippen LogP contribution in [0.25, 0.3) is 0 Å². The van der Waals surface area contributed by atoms with Crippen molar-refractivity contribution in [2.24, 2.45) is 0 Å². The van der Waals surface area contributed by atoms with Gasteiger partial charge >= 0.3 is 0 Å². The van der Waals surface area contributed by atoms with E-state index >= 15 is 0 Å². The lowest BCUT2D eigenvalue weighted by molar-refractivity contribution is -0.133. The van der Waals surface area contributed by atoms with Gasteiger partial charge in [0, 0.05) is 13.1 Å². The Morgan fingerprint density at radius 3 is 2.59 bits per heavy atom. The number of carbonyl (C=O) groups is 2. The van der Waals surface area contributed by atoms with Gasteiger partial charge < -0.3 is 15.0 Å². The van der Waals surface area contributed by atoms with Crippen molar-refractivity contribution in [3.63, 3.8) is 0 Å². The van der Waals surface area contributed by atoms with Gasteiger partial charge in [0.2, 0.25) is 15.9 Å². The molecule has 1 aromatic carbocycles. The molecule has 0 saturated carbocycles. The molecular weight excluding hydrogens is 458 g/mol. The molecule has 1 aromatic rings. The maximum atomic E-state index is 13.0. The van der Waals surface area contributed by atoms with Crippen LogP contribution in [0, 0.1) is 0 Å². The summed E-state index contributed by atoms with van der Waals surface area (Å²) in [5, 5.41) is 2.75. The highest BCUT2D eigenvalue weighted by molar-refractivity contribution is 7.96. The molecule has 0 fully saturated rings. The molecule has 2 unspecified atom stereocenters. The SMILES string of the molecule is CC1=C(C(=O)NC2CN(C(=O)C(C)NS(C)(=O)=O)CCc3ccccc32)S(=O)(=O)CCO1. The standard InChI is InChI=1S/C20H27N3O7S2/c1-13(22-31(3,26)27)20(25)23-9-8-15-6-4-5-7-16(15)17(12-23)21-19(24)18-14(2)30-10-11-32(18,28)29/h4-7,13,17,22H,8-12H2,1-3H3,(H,21,24). The molecule has 176 valence electrons. The summed E-state index contributed by atoms with van der Waals surface area (Å²) in [6.07, 6.45) is 1.48. The van der Waals surface area contributed by atoms with Crippen LogP contribution in [0.5, 0.6) is 0 Å². The fraction of sp³-hybridized carbons (Fsp3) is 0.500. The lowest BCUT2D eigenvalue weighted by Gasteiger charge is -2.29. The average Bonchev–Trinajstić information content (AvgIpc) is 2.85. The third-order valence-corrected chi connectivity index (χ3v) is 7.95. The molecule has 2 N–H and O–H groups in total. The van der Waals surface area contributed by atoms with Gasteiger partial charge in [0.05, 0.1) is 24.1 Å². The molecule has 2 heterocycles. The van der Waals surface area contributed by atoms with Crippen molar-refractivity contribution in [2.45, 2.75) is 32.4 Å². The number of sulfone groups is 1. The molecule has 0 aliphatic carbocycles. The van der Waals surface area contributed by atoms with Crippen LogP contribution in [0.1, 0.15) is 31.0 Å². The van der Waals surface area contributed by atoms with E-state index in [9.17, 15) is 26.4 Å². The molecule has 2 amide bonds. The Kier molecular flexibility index (Phi) is 6.96. The summed E-state index contributed by atoms with van der Waals surface area (Å²) in [6, 6.07) is 5.67. The summed E-state index contributed by atoms with van der Waals surface area (Å²) in [6.45, 7) is 3.26. The fourth-order valence-electron chi connectivity index (χ4n) is 3.95. The lowest BCUT2D eigenvalue weighted by Crippen LogP contribution is -2.49. The van der Waals surface area contributed by atoms with Gasteiger partial charge in [0.15, 0.2) is 14.7 Å². The van der Waals surface area contributed by atoms with E-state index in [2.05, 4.69) is 10.0 Å². The van der Waals surface area contributed by atoms with Crippen LogP contribution in [0.4, 0.5) is 0 Å². The predicted octanol–water partition coefficient (Wildman–Crippen LogP) is -0.157. The Labute approximate surface area is 188 Å². The number of nitrogens with zero attached hydrogens (tertiary/aromatic N) is 1. The van der Waals surface area contributed by atoms with Gasteiger partial charge in [0.25, 0.3) is 5.91 Å². The third kappa shape index (κ3) is 5.48. The number of carbonyl (C=O) groups excluding carboxylic acids is 2. The van der Waals surface area contributed by atoms with Crippen LogP contribution < -0.4 is 10.0 Å². The first-order valence-corrected chi connectivity index (χ1v) is 13.6. The molecule has 32 heavy (non-hydrogen) atoms. The van der Waals surface area contributed by atoms with Gasteiger partial charge in [0.1, 0.15) is 12.4 Å². The van der Waals surface area contributed by atoms with E-state index in [1.807, 2.05) is 18.2 Å². The van der Waals surface area contributed by atoms with Gasteiger partial charge in [-0.3, -0.25) is 9.59 Å². The van der Waals surface area contributed by atoms with Gasteiger partial charge in [-0.2, -0.15) is 0 Å². The maximum Gasteiger partial charge on any atom is 0.266 e. The number of hydrogen-bond acceptors (Lipinski definition) is 7. The summed E-state index contributed by atoms with van der Waals surface area (Å²) in [4.78, 5) is 27.0. The van der Waals surface area contributed by atoms with E-state index < -0.39 is 48.7 Å². The first-order chi connectivity index (χ1) is 14.9. The summed E-state index contributed by atoms with van der Waals surface area (Å²) < 4.78 is 55.5. The van der Waals surface area contributed by atoms with E-state index in [-0.39, 0.29) is 24.7 Å². The van der Waals surface area contributed by atoms with Crippen molar-refractivity contribution >= 4 is 31.7 Å². The van der Waals surface area contributed by atoms with Gasteiger partial charge in [-0.05, 0) is 31.4 Å². The first-order valence-electron chi connectivity index (χ1n) is 10.1. The smallest absolute Gasteiger partial charge is 0.266 e. The van der Waals surface area contributed by atoms with E-state index in [0.29, 0.717) is 13.0 Å². The number of hydrogen-bond donors (Lipinski definition) is 2. The van der Waals surface area contributed by atoms with Crippen molar-refractivity contribution in [1.82, 2.24) is 14.9 Å². The Morgan fingerprint density at radius 1 is 1.25 bits per heavy atom. The van der Waals surface area contributed by atoms with Gasteiger partial charge in [-0.25, -0.2) is 21.6 Å². The number of fused-ring (bicyclic) bond motifs is 1. The second-order valence-corrected chi connectivity index (χ2v) is 11.7. The molecule has 2 aliphatic rings. The summed E-state index contributed by atoms with van der Waals surface area (Å²) in [5.41, 5.74) is 1.68. The van der Waals surface area contributed by atoms with E-state index in [0.717, 1.165) is 17.4 Å². The quantitative estimate of drug-likeness (QED) is 0.591. The average molecular weight is 486 g/mol. The molecule has 0 aromatic heterocycles. The van der Waals surface area contributed by atoms with Crippen LogP contribution in [0.3, 0.4) is 0 Å². The topological polar surface area (TPSA) is 139 Å². The van der Waals surface area contributed by atoms with Crippen molar-refractivity contribution in [3.8, 4) is 0 Å². The van der Waals surface area contributed by atoms with E-state index in [1.165, 1.54) is 18.7 Å². The second kappa shape index (κ2) is 9.20. The Hall–Kier alpha value is -2.44. The highest BCUT2D eigenvalue weighted by Gasteiger charge is 2.35. The lowest BCUT2D eigenvalue weighted by atomic mass is 9.99. The molecule has 2 aliphatic heterocycles. The Bertz CT molecular complexity index is 1160. The maximum absolute atomic E-state index is 13.0. The third-order valence-electron chi connectivity index (χ3n) is 5.37. The minimum Gasteiger partial charge on any atom is -0.496 e. The number of allylic oxidation sites excluding steroid dienone is 1. The normalized spacial score (nSPS) is 21.7.